The summed E-state index contributed by atoms with van der Waals surface area (Å²) in [5.74, 6) is -0.900. The van der Waals surface area contributed by atoms with Crippen molar-refractivity contribution < 1.29 is 28.6 Å². The molecule has 394 valence electrons. The van der Waals surface area contributed by atoms with Gasteiger partial charge in [-0.2, -0.15) is 0 Å². The van der Waals surface area contributed by atoms with Gasteiger partial charge in [-0.3, -0.25) is 14.4 Å². The second-order valence-electron chi connectivity index (χ2n) is 19.5. The van der Waals surface area contributed by atoms with Crippen LogP contribution in [0.25, 0.3) is 0 Å². The third-order valence-electron chi connectivity index (χ3n) is 12.8. The number of carbonyl (C=O) groups excluding carboxylic acids is 3. The molecule has 0 aliphatic heterocycles. The summed E-state index contributed by atoms with van der Waals surface area (Å²) in [7, 11) is 0. The van der Waals surface area contributed by atoms with Crippen LogP contribution in [0.5, 0.6) is 0 Å². The molecule has 0 amide bonds. The number of unbranched alkanes of at least 4 members (excludes halogenated alkanes) is 32. The van der Waals surface area contributed by atoms with Gasteiger partial charge in [0.05, 0.1) is 0 Å². The Kier molecular flexibility index (Phi) is 54.3. The number of esters is 3. The van der Waals surface area contributed by atoms with Gasteiger partial charge in [0.25, 0.3) is 0 Å². The van der Waals surface area contributed by atoms with Crippen LogP contribution >= 0.6 is 0 Å². The minimum absolute atomic E-state index is 0.0808. The van der Waals surface area contributed by atoms with E-state index in [1.165, 1.54) is 161 Å². The summed E-state index contributed by atoms with van der Waals surface area (Å²) in [6.45, 7) is 6.53. The summed E-state index contributed by atoms with van der Waals surface area (Å²) in [6.07, 6.45) is 70.7. The van der Waals surface area contributed by atoms with Crippen LogP contribution in [0, 0.1) is 0 Å². The molecule has 0 spiro atoms. The molecule has 0 saturated carbocycles. The second-order valence-corrected chi connectivity index (χ2v) is 19.5. The molecule has 0 unspecified atom stereocenters. The van der Waals surface area contributed by atoms with Crippen molar-refractivity contribution >= 4 is 17.9 Å². The quantitative estimate of drug-likeness (QED) is 0.0262. The van der Waals surface area contributed by atoms with Crippen LogP contribution in [0.3, 0.4) is 0 Å². The van der Waals surface area contributed by atoms with Crippen molar-refractivity contribution in [3.63, 3.8) is 0 Å². The maximum Gasteiger partial charge on any atom is 0.306 e. The summed E-state index contributed by atoms with van der Waals surface area (Å²) in [5.41, 5.74) is 0. The van der Waals surface area contributed by atoms with E-state index in [4.69, 9.17) is 14.2 Å². The van der Waals surface area contributed by atoms with Gasteiger partial charge in [0.2, 0.25) is 0 Å². The number of hydrogen-bond donors (Lipinski definition) is 0. The first-order chi connectivity index (χ1) is 33.5. The van der Waals surface area contributed by atoms with E-state index >= 15 is 0 Å². The van der Waals surface area contributed by atoms with Crippen LogP contribution in [0.1, 0.15) is 297 Å². The second kappa shape index (κ2) is 56.7. The molecule has 6 heteroatoms. The fraction of sp³-hybridized carbons (Fsp3) is 0.790. The predicted molar refractivity (Wildman–Crippen MR) is 293 cm³/mol. The Bertz CT molecular complexity index is 1230. The molecular formula is C62H110O6. The van der Waals surface area contributed by atoms with Crippen LogP contribution in [-0.4, -0.2) is 37.2 Å². The van der Waals surface area contributed by atoms with E-state index in [1.54, 1.807) is 0 Å². The van der Waals surface area contributed by atoms with Gasteiger partial charge in [-0.15, -0.1) is 0 Å². The van der Waals surface area contributed by atoms with E-state index in [1.807, 2.05) is 0 Å². The fourth-order valence-corrected chi connectivity index (χ4v) is 8.41. The molecule has 68 heavy (non-hydrogen) atoms. The zero-order chi connectivity index (χ0) is 49.3. The monoisotopic (exact) mass is 951 g/mol. The first kappa shape index (κ1) is 65.1. The molecule has 6 nitrogen and oxygen atoms in total. The molecule has 0 aromatic rings. The molecule has 0 aliphatic carbocycles. The molecule has 1 atom stereocenters. The summed E-state index contributed by atoms with van der Waals surface area (Å²) in [4.78, 5) is 38.1. The highest BCUT2D eigenvalue weighted by Gasteiger charge is 2.19. The molecule has 0 aromatic carbocycles. The zero-order valence-electron chi connectivity index (χ0n) is 45.1. The Morgan fingerprint density at radius 2 is 0.574 bits per heavy atom. The van der Waals surface area contributed by atoms with Crippen LogP contribution in [0.2, 0.25) is 0 Å². The summed E-state index contributed by atoms with van der Waals surface area (Å²) < 4.78 is 16.9. The zero-order valence-corrected chi connectivity index (χ0v) is 45.1. The first-order valence-electron chi connectivity index (χ1n) is 29.3. The molecule has 0 N–H and O–H groups in total. The third-order valence-corrected chi connectivity index (χ3v) is 12.8. The Hall–Kier alpha value is -2.89. The highest BCUT2D eigenvalue weighted by Crippen LogP contribution is 2.17. The van der Waals surface area contributed by atoms with Crippen molar-refractivity contribution in [2.24, 2.45) is 0 Å². The predicted octanol–water partition coefficient (Wildman–Crippen LogP) is 19.6. The lowest BCUT2D eigenvalue weighted by atomic mass is 10.0. The van der Waals surface area contributed by atoms with Gasteiger partial charge >= 0.3 is 17.9 Å². The Balaban J connectivity index is 4.37. The molecule has 0 saturated heterocycles. The molecule has 0 aromatic heterocycles. The van der Waals surface area contributed by atoms with Gasteiger partial charge < -0.3 is 14.2 Å². The summed E-state index contributed by atoms with van der Waals surface area (Å²) in [5, 5.41) is 0. The Labute approximate surface area is 421 Å². The van der Waals surface area contributed by atoms with Crippen molar-refractivity contribution in [2.75, 3.05) is 13.2 Å². The number of rotatable bonds is 53. The van der Waals surface area contributed by atoms with Gasteiger partial charge in [-0.25, -0.2) is 0 Å². The van der Waals surface area contributed by atoms with E-state index in [-0.39, 0.29) is 31.1 Å². The maximum absolute atomic E-state index is 12.9. The number of carbonyl (C=O) groups is 3. The summed E-state index contributed by atoms with van der Waals surface area (Å²) >= 11 is 0. The van der Waals surface area contributed by atoms with Crippen molar-refractivity contribution in [1.82, 2.24) is 0 Å². The van der Waals surface area contributed by atoms with Crippen LogP contribution in [-0.2, 0) is 28.6 Å². The maximum atomic E-state index is 12.9. The minimum Gasteiger partial charge on any atom is -0.462 e. The van der Waals surface area contributed by atoms with E-state index in [2.05, 4.69) is 81.5 Å². The van der Waals surface area contributed by atoms with Crippen LogP contribution < -0.4 is 0 Å². The van der Waals surface area contributed by atoms with E-state index in [9.17, 15) is 14.4 Å². The molecule has 0 bridgehead atoms. The normalized spacial score (nSPS) is 12.5. The van der Waals surface area contributed by atoms with Gasteiger partial charge in [0.15, 0.2) is 6.10 Å². The first-order valence-corrected chi connectivity index (χ1v) is 29.3. The fourth-order valence-electron chi connectivity index (χ4n) is 8.41. The third kappa shape index (κ3) is 54.1. The lowest BCUT2D eigenvalue weighted by molar-refractivity contribution is -0.167. The largest absolute Gasteiger partial charge is 0.462 e. The average molecular weight is 952 g/mol. The van der Waals surface area contributed by atoms with E-state index < -0.39 is 6.10 Å². The van der Waals surface area contributed by atoms with Crippen molar-refractivity contribution in [1.29, 1.82) is 0 Å². The van der Waals surface area contributed by atoms with Gasteiger partial charge in [-0.05, 0) is 64.2 Å². The van der Waals surface area contributed by atoms with Crippen molar-refractivity contribution in [2.45, 2.75) is 303 Å². The number of ether oxygens (including phenoxy) is 3. The Morgan fingerprint density at radius 3 is 0.897 bits per heavy atom. The van der Waals surface area contributed by atoms with Crippen molar-refractivity contribution in [3.8, 4) is 0 Å². The average Bonchev–Trinajstić information content (AvgIpc) is 3.34. The molecule has 0 aliphatic rings. The van der Waals surface area contributed by atoms with Crippen molar-refractivity contribution in [3.05, 3.63) is 60.8 Å². The summed E-state index contributed by atoms with van der Waals surface area (Å²) in [6, 6.07) is 0. The molecule has 0 rings (SSSR count). The molecular weight excluding hydrogens is 841 g/mol. The molecule has 0 heterocycles. The minimum atomic E-state index is -0.784. The Morgan fingerprint density at radius 1 is 0.309 bits per heavy atom. The van der Waals surface area contributed by atoms with Gasteiger partial charge in [-0.1, -0.05) is 274 Å². The molecule has 0 radical (unpaired) electrons. The van der Waals surface area contributed by atoms with Crippen LogP contribution in [0.4, 0.5) is 0 Å². The van der Waals surface area contributed by atoms with E-state index in [0.29, 0.717) is 19.3 Å². The smallest absolute Gasteiger partial charge is 0.306 e. The lowest BCUT2D eigenvalue weighted by Gasteiger charge is -2.18. The van der Waals surface area contributed by atoms with Crippen LogP contribution in [0.15, 0.2) is 60.8 Å². The standard InChI is InChI=1S/C62H110O6/c1-4-7-10-13-16-19-22-25-27-29-31-33-35-37-40-43-46-49-52-55-61(64)67-58-59(57-66-60(63)54-51-48-45-42-39-24-21-18-15-12-9-6-3)68-62(65)56-53-50-47-44-41-38-36-34-32-30-28-26-23-20-17-14-11-8-5-2/h7,10,16,19,25,27,31,33,37,40,59H,4-6,8-9,11-15,17-18,20-24,26,28-30,32,34-36,38-39,41-58H2,1-3H3/b10-7-,19-16-,27-25-,33-31-,40-37-/t59-/m0/s1. The molecule has 0 fully saturated rings. The highest BCUT2D eigenvalue weighted by atomic mass is 16.6. The number of allylic oxidation sites excluding steroid dienone is 10. The van der Waals surface area contributed by atoms with Gasteiger partial charge in [0.1, 0.15) is 13.2 Å². The SMILES string of the molecule is CC/C=C\C/C=C\C/C=C\C/C=C\C/C=C\CCCCCC(=O)OC[C@H](COC(=O)CCCCCCCCCCCCCC)OC(=O)CCCCCCCCCCCCCCCCCCCCC. The number of hydrogen-bond acceptors (Lipinski definition) is 6. The lowest BCUT2D eigenvalue weighted by Crippen LogP contribution is -2.30. The topological polar surface area (TPSA) is 78.9 Å². The highest BCUT2D eigenvalue weighted by molar-refractivity contribution is 5.71. The van der Waals surface area contributed by atoms with Gasteiger partial charge in [0, 0.05) is 19.3 Å². The van der Waals surface area contributed by atoms with E-state index in [0.717, 1.165) is 96.3 Å².